The molecular formula is C93H160O16P2. The molecule has 4 N–H and O–H groups in total. The molecule has 0 radical (unpaired) electrons. The molecule has 0 saturated heterocycles. The summed E-state index contributed by atoms with van der Waals surface area (Å²) in [6, 6.07) is 0. The number of hydrogen-bond donors (Lipinski definition) is 4. The highest BCUT2D eigenvalue weighted by atomic mass is 31.2. The van der Waals surface area contributed by atoms with Crippen molar-refractivity contribution in [2.24, 2.45) is 0 Å². The van der Waals surface area contributed by atoms with Gasteiger partial charge in [0.25, 0.3) is 0 Å². The van der Waals surface area contributed by atoms with E-state index in [1.807, 2.05) is 0 Å². The third kappa shape index (κ3) is 86.1. The number of phosphoric acid groups is 2. The van der Waals surface area contributed by atoms with E-state index in [1.165, 1.54) is 128 Å². The molecule has 0 aliphatic heterocycles. The number of allylic oxidation sites excluding steroid dienone is 24. The van der Waals surface area contributed by atoms with Crippen molar-refractivity contribution in [2.45, 2.75) is 386 Å². The Kier molecular flexibility index (Phi) is 81.3. The number of rotatable bonds is 83. The summed E-state index contributed by atoms with van der Waals surface area (Å²) in [5.74, 6) is -1.59. The van der Waals surface area contributed by atoms with Crippen LogP contribution in [0.25, 0.3) is 0 Å². The van der Waals surface area contributed by atoms with E-state index in [-0.39, 0.29) is 19.3 Å². The van der Waals surface area contributed by atoms with Crippen LogP contribution < -0.4 is 0 Å². The first-order valence-electron chi connectivity index (χ1n) is 44.1. The van der Waals surface area contributed by atoms with E-state index in [0.717, 1.165) is 180 Å². The van der Waals surface area contributed by atoms with Crippen LogP contribution in [-0.2, 0) is 55.8 Å². The van der Waals surface area contributed by atoms with Gasteiger partial charge < -0.3 is 34.2 Å². The molecule has 0 saturated carbocycles. The van der Waals surface area contributed by atoms with Crippen molar-refractivity contribution in [1.82, 2.24) is 0 Å². The van der Waals surface area contributed by atoms with E-state index < -0.39 is 91.5 Å². The number of carbonyl (C=O) groups is 3. The molecule has 0 aliphatic rings. The average Bonchev–Trinajstić information content (AvgIpc) is 0.904. The molecule has 111 heavy (non-hydrogen) atoms. The minimum absolute atomic E-state index is 0.0875. The number of esters is 3. The van der Waals surface area contributed by atoms with Gasteiger partial charge in [0.05, 0.1) is 26.4 Å². The smallest absolute Gasteiger partial charge is 0.463 e. The molecule has 18 heteroatoms. The van der Waals surface area contributed by atoms with E-state index >= 15 is 0 Å². The van der Waals surface area contributed by atoms with E-state index in [2.05, 4.69) is 167 Å². The van der Waals surface area contributed by atoms with Crippen molar-refractivity contribution in [3.8, 4) is 0 Å². The Balaban J connectivity index is 4.46. The number of phosphoric ester groups is 2. The number of ether oxygens (including phenoxy) is 3. The van der Waals surface area contributed by atoms with Crippen LogP contribution in [0.2, 0.25) is 0 Å². The zero-order chi connectivity index (χ0) is 80.8. The Hall–Kier alpha value is -4.57. The Morgan fingerprint density at radius 2 is 0.477 bits per heavy atom. The van der Waals surface area contributed by atoms with Crippen molar-refractivity contribution >= 4 is 33.6 Å². The SMILES string of the molecule is CC/C=C\C/C=C\C/C=C\C/C=C\C/C=C\CCCCCCCCCC(=O)OCC(COP(=O)(O)OCC(O)COP(=O)(O)OCC(O)COC(=O)CCCCCCCCCCCCCCCCCCCCC/C=C\C/C=C\C/C=C\C/C=C\CCCCC)OC(=O)CCCCCCCCC/C=C\C/C=C\C/C=C\CC. The fourth-order valence-electron chi connectivity index (χ4n) is 11.9. The molecule has 0 amide bonds. The highest BCUT2D eigenvalue weighted by molar-refractivity contribution is 7.47. The van der Waals surface area contributed by atoms with Gasteiger partial charge in [-0.2, -0.15) is 0 Å². The van der Waals surface area contributed by atoms with Crippen LogP contribution in [0.1, 0.15) is 367 Å². The monoisotopic (exact) mass is 1600 g/mol. The van der Waals surface area contributed by atoms with Gasteiger partial charge >= 0.3 is 33.6 Å². The summed E-state index contributed by atoms with van der Waals surface area (Å²) in [6.07, 6.45) is 106. The fraction of sp³-hybridized carbons (Fsp3) is 0.710. The van der Waals surface area contributed by atoms with E-state index in [0.29, 0.717) is 19.3 Å². The number of hydrogen-bond acceptors (Lipinski definition) is 14. The topological polar surface area (TPSA) is 231 Å². The predicted octanol–water partition coefficient (Wildman–Crippen LogP) is 26.8. The van der Waals surface area contributed by atoms with Crippen molar-refractivity contribution in [3.05, 3.63) is 146 Å². The lowest BCUT2D eigenvalue weighted by Gasteiger charge is -2.21. The molecular weight excluding hydrogens is 1430 g/mol. The van der Waals surface area contributed by atoms with Gasteiger partial charge in [-0.1, -0.05) is 353 Å². The molecule has 0 fully saturated rings. The molecule has 0 bridgehead atoms. The first kappa shape index (κ1) is 106. The van der Waals surface area contributed by atoms with E-state index in [1.54, 1.807) is 0 Å². The lowest BCUT2D eigenvalue weighted by molar-refractivity contribution is -0.161. The lowest BCUT2D eigenvalue weighted by Crippen LogP contribution is -2.30. The minimum Gasteiger partial charge on any atom is -0.463 e. The van der Waals surface area contributed by atoms with Crippen molar-refractivity contribution in [1.29, 1.82) is 0 Å². The standard InChI is InChI=1S/C93H160O16P2/c1-4-7-10-13-16-19-22-25-28-31-33-35-37-38-39-40-41-42-43-44-45-46-47-48-50-52-53-56-58-61-64-67-70-73-76-79-91(96)103-82-88(94)83-105-110(99,100)106-84-89(95)85-107-111(101,102)108-87-90(109-93(98)81-78-75-72-69-66-63-60-55-30-27-24-21-18-15-12-9-6-3)86-104-92(97)80-77-74-71-68-65-62-59-57-54-51-49-36-34-32-29-26-23-20-17-14-11-8-5-2/h8-9,11-12,16-21,25-30,33-36,38-39,51,54,88-90,94-95H,4-7,10,13-15,22-24,31-32,37,40-50,52-53,55-87H2,1-3H3,(H,99,100)(H,101,102)/b11-8-,12-9-,19-16-,20-17-,21-18-,28-25-,29-26-,30-27-,35-33-,36-34-,39-38-,54-51-. The Labute approximate surface area is 677 Å². The summed E-state index contributed by atoms with van der Waals surface area (Å²) >= 11 is 0. The summed E-state index contributed by atoms with van der Waals surface area (Å²) in [6.45, 7) is 2.44. The Morgan fingerprint density at radius 3 is 0.757 bits per heavy atom. The van der Waals surface area contributed by atoms with Gasteiger partial charge in [-0.15, -0.1) is 0 Å². The van der Waals surface area contributed by atoms with Crippen LogP contribution >= 0.6 is 15.6 Å². The second-order valence-corrected chi connectivity index (χ2v) is 32.2. The summed E-state index contributed by atoms with van der Waals surface area (Å²) < 4.78 is 61.3. The highest BCUT2D eigenvalue weighted by Crippen LogP contribution is 2.45. The van der Waals surface area contributed by atoms with Crippen molar-refractivity contribution < 1.29 is 75.8 Å². The molecule has 0 aliphatic carbocycles. The van der Waals surface area contributed by atoms with Gasteiger partial charge in [-0.3, -0.25) is 32.5 Å². The minimum atomic E-state index is -4.94. The summed E-state index contributed by atoms with van der Waals surface area (Å²) in [5, 5.41) is 20.7. The average molecular weight is 1600 g/mol. The van der Waals surface area contributed by atoms with Crippen LogP contribution in [0.5, 0.6) is 0 Å². The molecule has 0 aromatic rings. The number of unbranched alkanes of at least 4 members (excludes halogenated alkanes) is 36. The van der Waals surface area contributed by atoms with Gasteiger partial charge in [0.1, 0.15) is 25.4 Å². The van der Waals surface area contributed by atoms with E-state index in [4.69, 9.17) is 32.3 Å². The third-order valence-corrected chi connectivity index (χ3v) is 20.4. The maximum Gasteiger partial charge on any atom is 0.472 e. The molecule has 16 nitrogen and oxygen atoms in total. The van der Waals surface area contributed by atoms with Gasteiger partial charge in [-0.25, -0.2) is 9.13 Å². The summed E-state index contributed by atoms with van der Waals surface area (Å²) in [4.78, 5) is 58.8. The number of aliphatic hydroxyl groups excluding tert-OH is 2. The molecule has 0 aromatic heterocycles. The maximum atomic E-state index is 13.0. The zero-order valence-electron chi connectivity index (χ0n) is 70.1. The molecule has 638 valence electrons. The second kappa shape index (κ2) is 84.8. The predicted molar refractivity (Wildman–Crippen MR) is 463 cm³/mol. The molecule has 5 atom stereocenters. The summed E-state index contributed by atoms with van der Waals surface area (Å²) in [5.41, 5.74) is 0. The Bertz CT molecular complexity index is 2600. The van der Waals surface area contributed by atoms with Gasteiger partial charge in [0, 0.05) is 19.3 Å². The first-order valence-corrected chi connectivity index (χ1v) is 47.1. The van der Waals surface area contributed by atoms with Crippen molar-refractivity contribution in [3.63, 3.8) is 0 Å². The van der Waals surface area contributed by atoms with Gasteiger partial charge in [0.15, 0.2) is 6.10 Å². The summed E-state index contributed by atoms with van der Waals surface area (Å²) in [7, 11) is -9.81. The lowest BCUT2D eigenvalue weighted by atomic mass is 10.0. The van der Waals surface area contributed by atoms with Crippen LogP contribution in [0.4, 0.5) is 0 Å². The highest BCUT2D eigenvalue weighted by Gasteiger charge is 2.29. The largest absolute Gasteiger partial charge is 0.472 e. The molecule has 0 spiro atoms. The van der Waals surface area contributed by atoms with E-state index in [9.17, 15) is 43.5 Å². The van der Waals surface area contributed by atoms with Gasteiger partial charge in [-0.05, 0) is 141 Å². The van der Waals surface area contributed by atoms with Crippen molar-refractivity contribution in [2.75, 3.05) is 39.6 Å². The van der Waals surface area contributed by atoms with Gasteiger partial charge in [0.2, 0.25) is 0 Å². The maximum absolute atomic E-state index is 13.0. The molecule has 5 unspecified atom stereocenters. The van der Waals surface area contributed by atoms with Crippen LogP contribution in [0.15, 0.2) is 146 Å². The molecule has 0 rings (SSSR count). The molecule has 0 heterocycles. The normalized spacial score (nSPS) is 14.5. The quantitative estimate of drug-likeness (QED) is 0.0146. The number of carbonyl (C=O) groups excluding carboxylic acids is 3. The fourth-order valence-corrected chi connectivity index (χ4v) is 13.5. The van der Waals surface area contributed by atoms with Crippen LogP contribution in [0, 0.1) is 0 Å². The van der Waals surface area contributed by atoms with Crippen LogP contribution in [-0.4, -0.2) is 95.9 Å². The molecule has 0 aromatic carbocycles. The second-order valence-electron chi connectivity index (χ2n) is 29.3. The number of aliphatic hydroxyl groups is 2. The third-order valence-electron chi connectivity index (χ3n) is 18.5. The Morgan fingerprint density at radius 1 is 0.261 bits per heavy atom. The van der Waals surface area contributed by atoms with Crippen LogP contribution in [0.3, 0.4) is 0 Å². The zero-order valence-corrected chi connectivity index (χ0v) is 71.9. The first-order chi connectivity index (χ1) is 54.2.